The van der Waals surface area contributed by atoms with E-state index in [1.54, 1.807) is 6.07 Å². The van der Waals surface area contributed by atoms with E-state index < -0.39 is 0 Å². The fourth-order valence-corrected chi connectivity index (χ4v) is 2.58. The third kappa shape index (κ3) is 1.59. The number of fused-ring (bicyclic) bond motifs is 1. The molecule has 0 fully saturated rings. The van der Waals surface area contributed by atoms with E-state index in [-0.39, 0.29) is 11.9 Å². The molecule has 0 radical (unpaired) electrons. The number of likely N-dealkylation sites (N-methyl/N-ethyl adjacent to an activating group) is 1. The lowest BCUT2D eigenvalue weighted by Crippen LogP contribution is -2.44. The maximum absolute atomic E-state index is 13.7. The first-order valence-corrected chi connectivity index (χ1v) is 5.84. The van der Waals surface area contributed by atoms with Gasteiger partial charge in [0, 0.05) is 30.9 Å². The Balaban J connectivity index is 2.61. The standard InChI is InChI=1S/C13H19FN2/c1-4-9-11(14)6-5-10-8(2)12(15)7-16(3)13(9)10/h5-6,8,12H,4,7,15H2,1-3H3. The Morgan fingerprint density at radius 3 is 2.81 bits per heavy atom. The van der Waals surface area contributed by atoms with Gasteiger partial charge in [0.15, 0.2) is 0 Å². The number of benzene rings is 1. The van der Waals surface area contributed by atoms with Crippen LogP contribution < -0.4 is 10.6 Å². The molecule has 1 aromatic carbocycles. The fraction of sp³-hybridized carbons (Fsp3) is 0.538. The summed E-state index contributed by atoms with van der Waals surface area (Å²) in [6.45, 7) is 4.91. The molecule has 0 saturated carbocycles. The smallest absolute Gasteiger partial charge is 0.128 e. The summed E-state index contributed by atoms with van der Waals surface area (Å²) in [4.78, 5) is 2.09. The van der Waals surface area contributed by atoms with Gasteiger partial charge in [0.1, 0.15) is 5.82 Å². The van der Waals surface area contributed by atoms with Crippen LogP contribution in [0.15, 0.2) is 12.1 Å². The summed E-state index contributed by atoms with van der Waals surface area (Å²) in [6, 6.07) is 3.58. The van der Waals surface area contributed by atoms with Crippen molar-refractivity contribution in [2.45, 2.75) is 32.2 Å². The molecule has 2 rings (SSSR count). The van der Waals surface area contributed by atoms with E-state index in [0.29, 0.717) is 5.92 Å². The van der Waals surface area contributed by atoms with E-state index in [0.717, 1.165) is 24.2 Å². The molecule has 1 aliphatic heterocycles. The van der Waals surface area contributed by atoms with E-state index in [1.807, 2.05) is 20.0 Å². The first-order chi connectivity index (χ1) is 7.56. The molecule has 2 atom stereocenters. The molecule has 0 saturated heterocycles. The minimum Gasteiger partial charge on any atom is -0.372 e. The molecule has 2 nitrogen and oxygen atoms in total. The molecule has 2 unspecified atom stereocenters. The Hall–Kier alpha value is -1.09. The van der Waals surface area contributed by atoms with Crippen molar-refractivity contribution in [1.82, 2.24) is 0 Å². The third-order valence-electron chi connectivity index (χ3n) is 3.61. The molecule has 2 N–H and O–H groups in total. The van der Waals surface area contributed by atoms with Gasteiger partial charge in [-0.05, 0) is 24.0 Å². The molecule has 3 heteroatoms. The highest BCUT2D eigenvalue weighted by Gasteiger charge is 2.29. The van der Waals surface area contributed by atoms with Gasteiger partial charge in [-0.25, -0.2) is 4.39 Å². The highest BCUT2D eigenvalue weighted by atomic mass is 19.1. The lowest BCUT2D eigenvalue weighted by atomic mass is 9.86. The molecule has 1 aliphatic rings. The Kier molecular flexibility index (Phi) is 2.89. The zero-order valence-corrected chi connectivity index (χ0v) is 10.1. The molecule has 16 heavy (non-hydrogen) atoms. The second-order valence-corrected chi connectivity index (χ2v) is 4.65. The van der Waals surface area contributed by atoms with Crippen LogP contribution in [0, 0.1) is 5.82 Å². The fourth-order valence-electron chi connectivity index (χ4n) is 2.58. The summed E-state index contributed by atoms with van der Waals surface area (Å²) in [7, 11) is 1.99. The predicted octanol–water partition coefficient (Wildman–Crippen LogP) is 2.27. The van der Waals surface area contributed by atoms with Crippen molar-refractivity contribution in [1.29, 1.82) is 0 Å². The van der Waals surface area contributed by atoms with Crippen LogP contribution in [0.2, 0.25) is 0 Å². The zero-order chi connectivity index (χ0) is 11.9. The zero-order valence-electron chi connectivity index (χ0n) is 10.1. The number of hydrogen-bond donors (Lipinski definition) is 1. The second kappa shape index (κ2) is 4.06. The van der Waals surface area contributed by atoms with E-state index in [1.165, 1.54) is 5.56 Å². The first kappa shape index (κ1) is 11.4. The van der Waals surface area contributed by atoms with E-state index in [4.69, 9.17) is 5.73 Å². The van der Waals surface area contributed by atoms with Crippen molar-refractivity contribution in [2.24, 2.45) is 5.73 Å². The van der Waals surface area contributed by atoms with Gasteiger partial charge < -0.3 is 10.6 Å². The Morgan fingerprint density at radius 1 is 1.50 bits per heavy atom. The van der Waals surface area contributed by atoms with E-state index in [9.17, 15) is 4.39 Å². The maximum Gasteiger partial charge on any atom is 0.128 e. The van der Waals surface area contributed by atoms with E-state index in [2.05, 4.69) is 11.8 Å². The highest BCUT2D eigenvalue weighted by Crippen LogP contribution is 2.37. The normalized spacial score (nSPS) is 24.4. The summed E-state index contributed by atoms with van der Waals surface area (Å²) in [5.74, 6) is 0.202. The molecule has 0 aliphatic carbocycles. The van der Waals surface area contributed by atoms with Crippen LogP contribution >= 0.6 is 0 Å². The van der Waals surface area contributed by atoms with Gasteiger partial charge >= 0.3 is 0 Å². The van der Waals surface area contributed by atoms with Crippen LogP contribution in [-0.4, -0.2) is 19.6 Å². The van der Waals surface area contributed by atoms with Crippen molar-refractivity contribution >= 4 is 5.69 Å². The monoisotopic (exact) mass is 222 g/mol. The Morgan fingerprint density at radius 2 is 2.19 bits per heavy atom. The molecule has 1 heterocycles. The molecular weight excluding hydrogens is 203 g/mol. The molecule has 0 bridgehead atoms. The van der Waals surface area contributed by atoms with Gasteiger partial charge in [-0.3, -0.25) is 0 Å². The minimum absolute atomic E-state index is 0.101. The molecule has 1 aromatic rings. The van der Waals surface area contributed by atoms with Crippen LogP contribution in [0.25, 0.3) is 0 Å². The van der Waals surface area contributed by atoms with Gasteiger partial charge in [-0.15, -0.1) is 0 Å². The largest absolute Gasteiger partial charge is 0.372 e. The van der Waals surface area contributed by atoms with Gasteiger partial charge in [-0.1, -0.05) is 19.9 Å². The summed E-state index contributed by atoms with van der Waals surface area (Å²) in [5.41, 5.74) is 9.13. The molecule has 0 aromatic heterocycles. The third-order valence-corrected chi connectivity index (χ3v) is 3.61. The average Bonchev–Trinajstić information content (AvgIpc) is 2.25. The van der Waals surface area contributed by atoms with Crippen LogP contribution in [0.5, 0.6) is 0 Å². The summed E-state index contributed by atoms with van der Waals surface area (Å²) >= 11 is 0. The lowest BCUT2D eigenvalue weighted by Gasteiger charge is -2.37. The Bertz CT molecular complexity index is 403. The van der Waals surface area contributed by atoms with Crippen molar-refractivity contribution < 1.29 is 4.39 Å². The number of rotatable bonds is 1. The van der Waals surface area contributed by atoms with Gasteiger partial charge in [0.2, 0.25) is 0 Å². The van der Waals surface area contributed by atoms with E-state index >= 15 is 0 Å². The van der Waals surface area contributed by atoms with Gasteiger partial charge in [0.25, 0.3) is 0 Å². The van der Waals surface area contributed by atoms with Crippen molar-refractivity contribution in [3.05, 3.63) is 29.1 Å². The molecule has 0 amide bonds. The van der Waals surface area contributed by atoms with Crippen LogP contribution in [0.3, 0.4) is 0 Å². The first-order valence-electron chi connectivity index (χ1n) is 5.84. The highest BCUT2D eigenvalue weighted by molar-refractivity contribution is 5.63. The summed E-state index contributed by atoms with van der Waals surface area (Å²) in [5, 5.41) is 0. The summed E-state index contributed by atoms with van der Waals surface area (Å²) < 4.78 is 13.7. The molecular formula is C13H19FN2. The topological polar surface area (TPSA) is 29.3 Å². The van der Waals surface area contributed by atoms with Gasteiger partial charge in [-0.2, -0.15) is 0 Å². The van der Waals surface area contributed by atoms with Crippen molar-refractivity contribution in [3.63, 3.8) is 0 Å². The summed E-state index contributed by atoms with van der Waals surface area (Å²) in [6.07, 6.45) is 0.724. The lowest BCUT2D eigenvalue weighted by molar-refractivity contribution is 0.531. The quantitative estimate of drug-likeness (QED) is 0.789. The van der Waals surface area contributed by atoms with Crippen LogP contribution in [0.4, 0.5) is 10.1 Å². The second-order valence-electron chi connectivity index (χ2n) is 4.65. The number of halogens is 1. The number of anilines is 1. The van der Waals surface area contributed by atoms with Crippen molar-refractivity contribution in [2.75, 3.05) is 18.5 Å². The molecule has 88 valence electrons. The average molecular weight is 222 g/mol. The predicted molar refractivity (Wildman–Crippen MR) is 65.4 cm³/mol. The molecule has 0 spiro atoms. The number of nitrogens with zero attached hydrogens (tertiary/aromatic N) is 1. The van der Waals surface area contributed by atoms with Crippen LogP contribution in [0.1, 0.15) is 30.9 Å². The number of nitrogens with two attached hydrogens (primary N) is 1. The minimum atomic E-state index is -0.101. The Labute approximate surface area is 96.2 Å². The van der Waals surface area contributed by atoms with Crippen LogP contribution in [-0.2, 0) is 6.42 Å². The number of hydrogen-bond acceptors (Lipinski definition) is 2. The SMILES string of the molecule is CCc1c(F)ccc2c1N(C)CC(N)C2C. The van der Waals surface area contributed by atoms with Gasteiger partial charge in [0.05, 0.1) is 0 Å². The maximum atomic E-state index is 13.7. The van der Waals surface area contributed by atoms with Crippen molar-refractivity contribution in [3.8, 4) is 0 Å².